The van der Waals surface area contributed by atoms with Crippen LogP contribution in [0.25, 0.3) is 0 Å². The number of rotatable bonds is 3. The number of hydrogen-bond donors (Lipinski definition) is 1. The first-order valence-corrected chi connectivity index (χ1v) is 4.54. The number of pyridine rings is 1. The third kappa shape index (κ3) is 2.22. The summed E-state index contributed by atoms with van der Waals surface area (Å²) in [4.78, 5) is 6.36. The van der Waals surface area contributed by atoms with Crippen LogP contribution in [0, 0.1) is 6.92 Å². The summed E-state index contributed by atoms with van der Waals surface area (Å²) in [7, 11) is 2.00. The van der Waals surface area contributed by atoms with E-state index in [1.165, 1.54) is 6.21 Å². The molecule has 0 saturated carbocycles. The number of nitrogens with zero attached hydrogens (tertiary/aromatic N) is 3. The number of aryl methyl sites for hydroxylation is 1. The number of hydrogen-bond acceptors (Lipinski definition) is 4. The zero-order valence-corrected chi connectivity index (χ0v) is 8.73. The van der Waals surface area contributed by atoms with Crippen LogP contribution in [0.1, 0.15) is 18.1 Å². The summed E-state index contributed by atoms with van der Waals surface area (Å²) in [5.74, 6) is 0.961. The zero-order chi connectivity index (χ0) is 10.6. The molecule has 76 valence electrons. The lowest BCUT2D eigenvalue weighted by molar-refractivity contribution is 0.322. The van der Waals surface area contributed by atoms with E-state index >= 15 is 0 Å². The molecule has 1 rings (SSSR count). The van der Waals surface area contributed by atoms with Gasteiger partial charge in [0.1, 0.15) is 5.82 Å². The zero-order valence-electron chi connectivity index (χ0n) is 8.73. The molecule has 1 heterocycles. The molecule has 1 N–H and O–H groups in total. The molecule has 4 nitrogen and oxygen atoms in total. The van der Waals surface area contributed by atoms with E-state index in [-0.39, 0.29) is 0 Å². The first kappa shape index (κ1) is 10.5. The minimum absolute atomic E-state index is 0.804. The summed E-state index contributed by atoms with van der Waals surface area (Å²) < 4.78 is 0. The van der Waals surface area contributed by atoms with E-state index in [2.05, 4.69) is 22.0 Å². The van der Waals surface area contributed by atoms with E-state index in [0.29, 0.717) is 0 Å². The van der Waals surface area contributed by atoms with E-state index in [0.717, 1.165) is 23.5 Å². The van der Waals surface area contributed by atoms with Crippen LogP contribution in [0.4, 0.5) is 5.82 Å². The highest BCUT2D eigenvalue weighted by atomic mass is 16.4. The minimum atomic E-state index is 0.804. The van der Waals surface area contributed by atoms with Crippen LogP contribution in [0.15, 0.2) is 17.4 Å². The fourth-order valence-electron chi connectivity index (χ4n) is 1.28. The van der Waals surface area contributed by atoms with Crippen molar-refractivity contribution in [2.45, 2.75) is 13.8 Å². The third-order valence-electron chi connectivity index (χ3n) is 2.11. The molecule has 0 saturated heterocycles. The van der Waals surface area contributed by atoms with Crippen LogP contribution >= 0.6 is 0 Å². The highest BCUT2D eigenvalue weighted by Gasteiger charge is 2.04. The molecule has 1 aromatic heterocycles. The van der Waals surface area contributed by atoms with Crippen molar-refractivity contribution in [1.82, 2.24) is 4.98 Å². The fourth-order valence-corrected chi connectivity index (χ4v) is 1.28. The van der Waals surface area contributed by atoms with E-state index in [9.17, 15) is 0 Å². The Kier molecular flexibility index (Phi) is 3.45. The predicted molar refractivity (Wildman–Crippen MR) is 57.3 cm³/mol. The summed E-state index contributed by atoms with van der Waals surface area (Å²) >= 11 is 0. The second-order valence-electron chi connectivity index (χ2n) is 3.17. The quantitative estimate of drug-likeness (QED) is 0.451. The molecule has 0 aromatic carbocycles. The van der Waals surface area contributed by atoms with Gasteiger partial charge in [-0.15, -0.1) is 0 Å². The first-order chi connectivity index (χ1) is 6.69. The fraction of sp³-hybridized carbons (Fsp3) is 0.400. The Morgan fingerprint density at radius 1 is 1.64 bits per heavy atom. The van der Waals surface area contributed by atoms with Crippen molar-refractivity contribution < 1.29 is 5.21 Å². The maximum absolute atomic E-state index is 8.37. The molecular weight excluding hydrogens is 178 g/mol. The average molecular weight is 193 g/mol. The van der Waals surface area contributed by atoms with E-state index in [1.807, 2.05) is 20.0 Å². The molecule has 0 unspecified atom stereocenters. The monoisotopic (exact) mass is 193 g/mol. The van der Waals surface area contributed by atoms with Gasteiger partial charge in [-0.3, -0.25) is 0 Å². The molecule has 0 fully saturated rings. The summed E-state index contributed by atoms with van der Waals surface area (Å²) in [6, 6.07) is 1.94. The standard InChI is InChI=1S/C10H15N3O/c1-4-13(3)10-8(2)5-9(6-11-10)7-12-14/h5-7,14H,4H2,1-3H3/b12-7+. The molecule has 0 aliphatic carbocycles. The van der Waals surface area contributed by atoms with Crippen molar-refractivity contribution in [3.8, 4) is 0 Å². The van der Waals surface area contributed by atoms with Crippen LogP contribution in [0.5, 0.6) is 0 Å². The van der Waals surface area contributed by atoms with E-state index in [1.54, 1.807) is 6.20 Å². The topological polar surface area (TPSA) is 48.7 Å². The highest BCUT2D eigenvalue weighted by Crippen LogP contribution is 2.15. The van der Waals surface area contributed by atoms with Gasteiger partial charge in [0, 0.05) is 25.4 Å². The van der Waals surface area contributed by atoms with Gasteiger partial charge >= 0.3 is 0 Å². The lowest BCUT2D eigenvalue weighted by Crippen LogP contribution is -2.18. The Bertz CT molecular complexity index is 336. The first-order valence-electron chi connectivity index (χ1n) is 4.54. The normalized spacial score (nSPS) is 10.8. The second kappa shape index (κ2) is 4.60. The largest absolute Gasteiger partial charge is 0.411 e. The van der Waals surface area contributed by atoms with Gasteiger partial charge in [-0.05, 0) is 25.5 Å². The van der Waals surface area contributed by atoms with Crippen molar-refractivity contribution >= 4 is 12.0 Å². The molecule has 1 aromatic rings. The maximum atomic E-state index is 8.37. The van der Waals surface area contributed by atoms with Crippen molar-refractivity contribution in [3.05, 3.63) is 23.4 Å². The summed E-state index contributed by atoms with van der Waals surface area (Å²) in [6.07, 6.45) is 3.06. The molecule has 0 atom stereocenters. The Hall–Kier alpha value is -1.58. The van der Waals surface area contributed by atoms with Gasteiger partial charge in [0.25, 0.3) is 0 Å². The van der Waals surface area contributed by atoms with Gasteiger partial charge in [0.2, 0.25) is 0 Å². The van der Waals surface area contributed by atoms with Crippen LogP contribution in [0.2, 0.25) is 0 Å². The average Bonchev–Trinajstić information content (AvgIpc) is 2.17. The predicted octanol–water partition coefficient (Wildman–Crippen LogP) is 1.65. The Morgan fingerprint density at radius 3 is 2.86 bits per heavy atom. The van der Waals surface area contributed by atoms with Gasteiger partial charge < -0.3 is 10.1 Å². The van der Waals surface area contributed by atoms with Gasteiger partial charge in [0.05, 0.1) is 6.21 Å². The van der Waals surface area contributed by atoms with Crippen molar-refractivity contribution in [1.29, 1.82) is 0 Å². The van der Waals surface area contributed by atoms with Crippen LogP contribution < -0.4 is 4.90 Å². The molecule has 4 heteroatoms. The molecular formula is C10H15N3O. The van der Waals surface area contributed by atoms with Gasteiger partial charge in [-0.2, -0.15) is 0 Å². The highest BCUT2D eigenvalue weighted by molar-refractivity contribution is 5.79. The van der Waals surface area contributed by atoms with Crippen LogP contribution in [-0.2, 0) is 0 Å². The van der Waals surface area contributed by atoms with Crippen molar-refractivity contribution in [3.63, 3.8) is 0 Å². The number of aromatic nitrogens is 1. The van der Waals surface area contributed by atoms with Crippen molar-refractivity contribution in [2.75, 3.05) is 18.5 Å². The Labute approximate surface area is 83.9 Å². The third-order valence-corrected chi connectivity index (χ3v) is 2.11. The van der Waals surface area contributed by atoms with Crippen molar-refractivity contribution in [2.24, 2.45) is 5.16 Å². The Balaban J connectivity index is 3.01. The summed E-state index contributed by atoms with van der Waals surface area (Å²) in [5, 5.41) is 11.3. The molecule has 0 spiro atoms. The minimum Gasteiger partial charge on any atom is -0.411 e. The summed E-state index contributed by atoms with van der Waals surface area (Å²) in [5.41, 5.74) is 1.88. The van der Waals surface area contributed by atoms with Crippen LogP contribution in [0.3, 0.4) is 0 Å². The molecule has 14 heavy (non-hydrogen) atoms. The van der Waals surface area contributed by atoms with Gasteiger partial charge in [0.15, 0.2) is 0 Å². The maximum Gasteiger partial charge on any atom is 0.131 e. The van der Waals surface area contributed by atoms with Gasteiger partial charge in [-0.1, -0.05) is 5.16 Å². The summed E-state index contributed by atoms with van der Waals surface area (Å²) in [6.45, 7) is 4.98. The number of anilines is 1. The molecule has 0 aliphatic rings. The Morgan fingerprint density at radius 2 is 2.36 bits per heavy atom. The van der Waals surface area contributed by atoms with Gasteiger partial charge in [-0.25, -0.2) is 4.98 Å². The molecule has 0 aliphatic heterocycles. The number of oxime groups is 1. The van der Waals surface area contributed by atoms with E-state index < -0.39 is 0 Å². The second-order valence-corrected chi connectivity index (χ2v) is 3.17. The lowest BCUT2D eigenvalue weighted by Gasteiger charge is -2.17. The van der Waals surface area contributed by atoms with Crippen LogP contribution in [-0.4, -0.2) is 30.0 Å². The lowest BCUT2D eigenvalue weighted by atomic mass is 10.2. The molecule has 0 bridgehead atoms. The SMILES string of the molecule is CCN(C)c1ncc(/C=N/O)cc1C. The smallest absolute Gasteiger partial charge is 0.131 e. The molecule has 0 amide bonds. The molecule has 0 radical (unpaired) electrons. The van der Waals surface area contributed by atoms with E-state index in [4.69, 9.17) is 5.21 Å².